The Bertz CT molecular complexity index is 2010. The number of para-hydroxylation sites is 2. The van der Waals surface area contributed by atoms with Gasteiger partial charge in [-0.05, 0) is 81.9 Å². The van der Waals surface area contributed by atoms with Gasteiger partial charge in [-0.25, -0.2) is 0 Å². The first kappa shape index (κ1) is 24.2. The van der Waals surface area contributed by atoms with E-state index in [0.29, 0.717) is 0 Å². The molecule has 7 aromatic rings. The summed E-state index contributed by atoms with van der Waals surface area (Å²) in [5.74, 6) is 0. The lowest BCUT2D eigenvalue weighted by atomic mass is 9.81. The summed E-state index contributed by atoms with van der Waals surface area (Å²) >= 11 is 1.91. The molecule has 1 nitrogen and oxygen atoms in total. The van der Waals surface area contributed by atoms with E-state index in [4.69, 9.17) is 0 Å². The molecule has 6 aromatic carbocycles. The van der Waals surface area contributed by atoms with Gasteiger partial charge in [-0.3, -0.25) is 0 Å². The predicted octanol–water partition coefficient (Wildman–Crippen LogP) is 11.5. The molecular weight excluding hydrogens is 515 g/mol. The fourth-order valence-corrected chi connectivity index (χ4v) is 7.86. The highest BCUT2D eigenvalue weighted by molar-refractivity contribution is 7.26. The molecule has 0 bridgehead atoms. The molecule has 0 saturated heterocycles. The van der Waals surface area contributed by atoms with E-state index in [1.54, 1.807) is 0 Å². The van der Waals surface area contributed by atoms with Crippen LogP contribution in [0, 0.1) is 0 Å². The molecule has 0 aliphatic heterocycles. The van der Waals surface area contributed by atoms with Crippen LogP contribution in [0.4, 0.5) is 17.1 Å². The van der Waals surface area contributed by atoms with Crippen LogP contribution in [0.25, 0.3) is 42.4 Å². The van der Waals surface area contributed by atoms with Crippen molar-refractivity contribution >= 4 is 48.6 Å². The van der Waals surface area contributed by atoms with Crippen molar-refractivity contribution in [2.45, 2.75) is 19.3 Å². The van der Waals surface area contributed by atoms with E-state index in [1.165, 1.54) is 59.2 Å². The first-order valence-corrected chi connectivity index (χ1v) is 15.0. The van der Waals surface area contributed by atoms with Crippen molar-refractivity contribution in [2.24, 2.45) is 0 Å². The van der Waals surface area contributed by atoms with Gasteiger partial charge in [0.25, 0.3) is 0 Å². The van der Waals surface area contributed by atoms with Crippen LogP contribution in [0.5, 0.6) is 0 Å². The van der Waals surface area contributed by atoms with Crippen molar-refractivity contribution in [1.29, 1.82) is 0 Å². The summed E-state index contributed by atoms with van der Waals surface area (Å²) < 4.78 is 2.71. The van der Waals surface area contributed by atoms with Gasteiger partial charge in [0.2, 0.25) is 0 Å². The molecule has 1 aliphatic carbocycles. The fraction of sp³-hybridized carbons (Fsp3) is 0.0769. The molecule has 8 rings (SSSR count). The van der Waals surface area contributed by atoms with E-state index in [2.05, 4.69) is 158 Å². The summed E-state index contributed by atoms with van der Waals surface area (Å²) in [7, 11) is 0. The summed E-state index contributed by atoms with van der Waals surface area (Å²) in [5.41, 5.74) is 11.5. The van der Waals surface area contributed by atoms with Crippen molar-refractivity contribution in [2.75, 3.05) is 4.90 Å². The SMILES string of the molecule is CC1(C)c2cc(N(c3ccccc3)c3ccccc3)ccc2-c2c1cc1sc3ccccc3c1c2-c1ccccc1. The standard InChI is InChI=1S/C39H29NS/c1-39(2)32-24-29(40(27-16-8-4-9-17-27)28-18-10-5-11-19-28)22-23-30(32)37-33(39)25-35-38(31-20-12-13-21-34(31)41-35)36(37)26-14-6-3-7-15-26/h3-25H,1-2H3. The number of thiophene rings is 1. The highest BCUT2D eigenvalue weighted by atomic mass is 32.1. The second kappa shape index (κ2) is 9.19. The molecule has 196 valence electrons. The molecule has 0 radical (unpaired) electrons. The average Bonchev–Trinajstić information content (AvgIpc) is 3.50. The molecule has 0 amide bonds. The number of hydrogen-bond acceptors (Lipinski definition) is 2. The van der Waals surface area contributed by atoms with Gasteiger partial charge in [0, 0.05) is 42.6 Å². The third kappa shape index (κ3) is 3.68. The van der Waals surface area contributed by atoms with E-state index in [9.17, 15) is 0 Å². The quantitative estimate of drug-likeness (QED) is 0.213. The van der Waals surface area contributed by atoms with Gasteiger partial charge < -0.3 is 4.90 Å². The van der Waals surface area contributed by atoms with E-state index >= 15 is 0 Å². The van der Waals surface area contributed by atoms with Crippen LogP contribution in [0.3, 0.4) is 0 Å². The predicted molar refractivity (Wildman–Crippen MR) is 177 cm³/mol. The van der Waals surface area contributed by atoms with E-state index in [1.807, 2.05) is 11.3 Å². The van der Waals surface area contributed by atoms with Gasteiger partial charge in [-0.2, -0.15) is 0 Å². The first-order chi connectivity index (χ1) is 20.1. The Hall–Kier alpha value is -4.66. The molecule has 2 heteroatoms. The van der Waals surface area contributed by atoms with E-state index in [0.717, 1.165) is 11.4 Å². The largest absolute Gasteiger partial charge is 0.310 e. The Kier molecular flexibility index (Phi) is 5.42. The molecule has 41 heavy (non-hydrogen) atoms. The van der Waals surface area contributed by atoms with Crippen LogP contribution >= 0.6 is 11.3 Å². The number of rotatable bonds is 4. The smallest absolute Gasteiger partial charge is 0.0465 e. The van der Waals surface area contributed by atoms with Crippen LogP contribution in [-0.4, -0.2) is 0 Å². The van der Waals surface area contributed by atoms with Crippen molar-refractivity contribution in [3.63, 3.8) is 0 Å². The average molecular weight is 544 g/mol. The highest BCUT2D eigenvalue weighted by Gasteiger charge is 2.39. The van der Waals surface area contributed by atoms with E-state index in [-0.39, 0.29) is 5.41 Å². The molecule has 0 unspecified atom stereocenters. The number of anilines is 3. The Morgan fingerprint density at radius 2 is 1.12 bits per heavy atom. The van der Waals surface area contributed by atoms with Crippen molar-refractivity contribution in [3.05, 3.63) is 151 Å². The minimum atomic E-state index is -0.145. The van der Waals surface area contributed by atoms with Crippen LogP contribution in [0.1, 0.15) is 25.0 Å². The molecule has 0 N–H and O–H groups in total. The molecule has 1 heterocycles. The van der Waals surface area contributed by atoms with Crippen molar-refractivity contribution in [1.82, 2.24) is 0 Å². The summed E-state index contributed by atoms with van der Waals surface area (Å²) in [5, 5.41) is 2.72. The normalized spacial score (nSPS) is 13.3. The number of benzene rings is 6. The van der Waals surface area contributed by atoms with Crippen molar-refractivity contribution in [3.8, 4) is 22.3 Å². The second-order valence-corrected chi connectivity index (χ2v) is 12.5. The molecule has 0 saturated carbocycles. The van der Waals surface area contributed by atoms with Gasteiger partial charge in [0.15, 0.2) is 0 Å². The minimum absolute atomic E-state index is 0.145. The summed E-state index contributed by atoms with van der Waals surface area (Å²) in [4.78, 5) is 2.36. The monoisotopic (exact) mass is 543 g/mol. The zero-order valence-electron chi connectivity index (χ0n) is 23.1. The molecule has 1 aliphatic rings. The number of hydrogen-bond donors (Lipinski definition) is 0. The van der Waals surface area contributed by atoms with Gasteiger partial charge >= 0.3 is 0 Å². The van der Waals surface area contributed by atoms with Gasteiger partial charge in [-0.15, -0.1) is 11.3 Å². The lowest BCUT2D eigenvalue weighted by Crippen LogP contribution is -2.16. The van der Waals surface area contributed by atoms with Gasteiger partial charge in [-0.1, -0.05) is 105 Å². The van der Waals surface area contributed by atoms with Gasteiger partial charge in [0.05, 0.1) is 0 Å². The van der Waals surface area contributed by atoms with Crippen LogP contribution in [-0.2, 0) is 5.41 Å². The fourth-order valence-electron chi connectivity index (χ4n) is 6.71. The number of fused-ring (bicyclic) bond motifs is 6. The molecule has 0 atom stereocenters. The molecule has 0 fully saturated rings. The molecule has 0 spiro atoms. The summed E-state index contributed by atoms with van der Waals surface area (Å²) in [6.07, 6.45) is 0. The molecular formula is C39H29NS. The summed E-state index contributed by atoms with van der Waals surface area (Å²) in [6.45, 7) is 4.79. The Morgan fingerprint density at radius 1 is 0.512 bits per heavy atom. The number of nitrogens with zero attached hydrogens (tertiary/aromatic N) is 1. The van der Waals surface area contributed by atoms with Crippen molar-refractivity contribution < 1.29 is 0 Å². The lowest BCUT2D eigenvalue weighted by Gasteiger charge is -2.28. The first-order valence-electron chi connectivity index (χ1n) is 14.2. The second-order valence-electron chi connectivity index (χ2n) is 11.4. The Morgan fingerprint density at radius 3 is 1.80 bits per heavy atom. The minimum Gasteiger partial charge on any atom is -0.310 e. The van der Waals surface area contributed by atoms with Crippen LogP contribution < -0.4 is 4.90 Å². The Balaban J connectivity index is 1.42. The maximum Gasteiger partial charge on any atom is 0.0465 e. The zero-order valence-corrected chi connectivity index (χ0v) is 24.0. The zero-order chi connectivity index (χ0) is 27.6. The van der Waals surface area contributed by atoms with Crippen LogP contribution in [0.15, 0.2) is 140 Å². The maximum absolute atomic E-state index is 2.48. The maximum atomic E-state index is 2.48. The third-order valence-corrected chi connectivity index (χ3v) is 9.75. The molecule has 1 aromatic heterocycles. The topological polar surface area (TPSA) is 3.24 Å². The van der Waals surface area contributed by atoms with Gasteiger partial charge in [0.1, 0.15) is 0 Å². The highest BCUT2D eigenvalue weighted by Crippen LogP contribution is 2.57. The van der Waals surface area contributed by atoms with E-state index < -0.39 is 0 Å². The lowest BCUT2D eigenvalue weighted by molar-refractivity contribution is 0.661. The third-order valence-electron chi connectivity index (χ3n) is 8.64. The summed E-state index contributed by atoms with van der Waals surface area (Å²) in [6, 6.07) is 50.8. The Labute approximate surface area is 245 Å². The van der Waals surface area contributed by atoms with Crippen LogP contribution in [0.2, 0.25) is 0 Å².